The smallest absolute Gasteiger partial charge is 0.240 e. The van der Waals surface area contributed by atoms with Crippen LogP contribution in [0.5, 0.6) is 0 Å². The minimum atomic E-state index is -4.05. The van der Waals surface area contributed by atoms with Crippen molar-refractivity contribution in [3.05, 3.63) is 83.6 Å². The van der Waals surface area contributed by atoms with Crippen LogP contribution in [0.15, 0.2) is 75.1 Å². The number of nitrogens with one attached hydrogen (secondary N) is 1. The molecule has 2 aromatic carbocycles. The lowest BCUT2D eigenvalue weighted by Gasteiger charge is -2.19. The Hall–Kier alpha value is -2.49. The molecule has 0 aliphatic heterocycles. The number of furan rings is 1. The second-order valence-electron chi connectivity index (χ2n) is 7.49. The van der Waals surface area contributed by atoms with Crippen LogP contribution in [-0.2, 0) is 32.7 Å². The molecule has 1 atom stereocenters. The van der Waals surface area contributed by atoms with Crippen molar-refractivity contribution in [2.75, 3.05) is 6.54 Å². The molecule has 9 heteroatoms. The van der Waals surface area contributed by atoms with Crippen LogP contribution in [0.1, 0.15) is 35.0 Å². The summed E-state index contributed by atoms with van der Waals surface area (Å²) in [7, 11) is -7.99. The Morgan fingerprint density at radius 3 is 2.26 bits per heavy atom. The molecule has 0 saturated carbocycles. The molecule has 1 N–H and O–H groups in total. The van der Waals surface area contributed by atoms with Gasteiger partial charge in [0.2, 0.25) is 10.0 Å². The van der Waals surface area contributed by atoms with Crippen molar-refractivity contribution in [3.63, 3.8) is 0 Å². The van der Waals surface area contributed by atoms with Gasteiger partial charge in [-0.25, -0.2) is 25.9 Å². The molecule has 0 fully saturated rings. The number of rotatable bonds is 7. The quantitative estimate of drug-likeness (QED) is 0.538. The maximum absolute atomic E-state index is 13.3. The van der Waals surface area contributed by atoms with Crippen molar-refractivity contribution in [1.82, 2.24) is 4.72 Å². The lowest BCUT2D eigenvalue weighted by molar-refractivity contribution is 0.486. The zero-order valence-corrected chi connectivity index (χ0v) is 18.3. The average molecular weight is 464 g/mol. The molecule has 0 unspecified atom stereocenters. The van der Waals surface area contributed by atoms with Crippen LogP contribution in [0.4, 0.5) is 4.39 Å². The van der Waals surface area contributed by atoms with E-state index in [0.29, 0.717) is 0 Å². The Bertz CT molecular complexity index is 1270. The van der Waals surface area contributed by atoms with Gasteiger partial charge in [0.05, 0.1) is 16.1 Å². The highest BCUT2D eigenvalue weighted by molar-refractivity contribution is 7.92. The molecule has 1 aliphatic rings. The maximum Gasteiger partial charge on any atom is 0.240 e. The van der Waals surface area contributed by atoms with Gasteiger partial charge >= 0.3 is 0 Å². The largest absolute Gasteiger partial charge is 0.468 e. The molecule has 6 nitrogen and oxygen atoms in total. The van der Waals surface area contributed by atoms with E-state index in [1.807, 2.05) is 6.07 Å². The first-order valence-electron chi connectivity index (χ1n) is 9.92. The molecule has 4 rings (SSSR count). The van der Waals surface area contributed by atoms with Gasteiger partial charge in [0, 0.05) is 6.54 Å². The standard InChI is InChI=1S/C22H22FNO5S2/c23-18-8-11-19(12-9-18)30(25,26)22(21-6-3-13-29-21)15-24-31(27,28)20-10-7-16-4-1-2-5-17(16)14-20/h3,6-14,22,24H,1-2,4-5,15H2/t22-/m0/s1. The van der Waals surface area contributed by atoms with Crippen LogP contribution in [0.2, 0.25) is 0 Å². The van der Waals surface area contributed by atoms with Crippen molar-refractivity contribution in [1.29, 1.82) is 0 Å². The Morgan fingerprint density at radius 2 is 1.58 bits per heavy atom. The molecule has 0 radical (unpaired) electrons. The van der Waals surface area contributed by atoms with Crippen LogP contribution in [-0.4, -0.2) is 23.4 Å². The minimum absolute atomic E-state index is 0.0949. The SMILES string of the molecule is O=S(=O)(NC[C@@H](c1ccco1)S(=O)(=O)c1ccc(F)cc1)c1ccc2c(c1)CCCC2. The zero-order chi connectivity index (χ0) is 22.1. The van der Waals surface area contributed by atoms with Crippen LogP contribution >= 0.6 is 0 Å². The number of halogens is 1. The number of hydrogen-bond donors (Lipinski definition) is 1. The van der Waals surface area contributed by atoms with Crippen LogP contribution in [0.25, 0.3) is 0 Å². The fourth-order valence-corrected chi connectivity index (χ4v) is 6.56. The number of hydrogen-bond acceptors (Lipinski definition) is 5. The molecule has 1 heterocycles. The molecular formula is C22H22FNO5S2. The zero-order valence-electron chi connectivity index (χ0n) is 16.6. The summed E-state index contributed by atoms with van der Waals surface area (Å²) in [6.45, 7) is -0.424. The Kier molecular flexibility index (Phi) is 6.00. The summed E-state index contributed by atoms with van der Waals surface area (Å²) in [6.07, 6.45) is 5.18. The van der Waals surface area contributed by atoms with Crippen molar-refractivity contribution >= 4 is 19.9 Å². The molecule has 0 bridgehead atoms. The first-order chi connectivity index (χ1) is 14.8. The van der Waals surface area contributed by atoms with Gasteiger partial charge in [0.15, 0.2) is 9.84 Å². The molecule has 1 aliphatic carbocycles. The van der Waals surface area contributed by atoms with Gasteiger partial charge in [0.25, 0.3) is 0 Å². The van der Waals surface area contributed by atoms with E-state index in [1.165, 1.54) is 18.4 Å². The predicted octanol–water partition coefficient (Wildman–Crippen LogP) is 3.79. The van der Waals surface area contributed by atoms with Gasteiger partial charge in [-0.1, -0.05) is 6.07 Å². The van der Waals surface area contributed by atoms with E-state index in [0.717, 1.165) is 61.1 Å². The normalized spacial score (nSPS) is 15.4. The summed E-state index contributed by atoms with van der Waals surface area (Å²) in [5, 5.41) is -1.31. The fraction of sp³-hybridized carbons (Fsp3) is 0.273. The van der Waals surface area contributed by atoms with Crippen LogP contribution < -0.4 is 4.72 Å². The predicted molar refractivity (Wildman–Crippen MR) is 113 cm³/mol. The lowest BCUT2D eigenvalue weighted by Crippen LogP contribution is -2.32. The van der Waals surface area contributed by atoms with Gasteiger partial charge < -0.3 is 4.42 Å². The topological polar surface area (TPSA) is 93.4 Å². The molecule has 0 saturated heterocycles. The van der Waals surface area contributed by atoms with Gasteiger partial charge in [-0.2, -0.15) is 0 Å². The Balaban J connectivity index is 1.62. The van der Waals surface area contributed by atoms with E-state index < -0.39 is 37.5 Å². The van der Waals surface area contributed by atoms with E-state index in [-0.39, 0.29) is 15.6 Å². The average Bonchev–Trinajstić information content (AvgIpc) is 3.28. The fourth-order valence-electron chi connectivity index (χ4n) is 3.77. The third kappa shape index (κ3) is 4.58. The second-order valence-corrected chi connectivity index (χ2v) is 11.4. The van der Waals surface area contributed by atoms with Crippen molar-refractivity contribution in [3.8, 4) is 0 Å². The first kappa shape index (κ1) is 21.7. The van der Waals surface area contributed by atoms with Crippen molar-refractivity contribution in [2.45, 2.75) is 40.7 Å². The number of sulfone groups is 1. The molecule has 164 valence electrons. The summed E-state index contributed by atoms with van der Waals surface area (Å²) < 4.78 is 73.1. The van der Waals surface area contributed by atoms with Gasteiger partial charge in [-0.05, 0) is 85.3 Å². The summed E-state index contributed by atoms with van der Waals surface area (Å²) in [6, 6.07) is 12.4. The maximum atomic E-state index is 13.3. The molecule has 0 amide bonds. The van der Waals surface area contributed by atoms with E-state index in [1.54, 1.807) is 12.1 Å². The number of fused-ring (bicyclic) bond motifs is 1. The third-order valence-corrected chi connectivity index (χ3v) is 8.96. The van der Waals surface area contributed by atoms with E-state index in [2.05, 4.69) is 4.72 Å². The first-order valence-corrected chi connectivity index (χ1v) is 12.9. The van der Waals surface area contributed by atoms with Crippen LogP contribution in [0, 0.1) is 5.82 Å². The monoisotopic (exact) mass is 463 g/mol. The Morgan fingerprint density at radius 1 is 0.903 bits per heavy atom. The van der Waals surface area contributed by atoms with E-state index in [4.69, 9.17) is 4.42 Å². The molecular weight excluding hydrogens is 441 g/mol. The lowest BCUT2D eigenvalue weighted by atomic mass is 9.92. The van der Waals surface area contributed by atoms with Crippen molar-refractivity contribution in [2.24, 2.45) is 0 Å². The minimum Gasteiger partial charge on any atom is -0.468 e. The van der Waals surface area contributed by atoms with Gasteiger partial charge in [0.1, 0.15) is 16.8 Å². The molecule has 31 heavy (non-hydrogen) atoms. The third-order valence-electron chi connectivity index (χ3n) is 5.47. The van der Waals surface area contributed by atoms with Gasteiger partial charge in [-0.3, -0.25) is 0 Å². The van der Waals surface area contributed by atoms with E-state index >= 15 is 0 Å². The van der Waals surface area contributed by atoms with Gasteiger partial charge in [-0.15, -0.1) is 0 Å². The molecule has 1 aromatic heterocycles. The number of aryl methyl sites for hydroxylation is 2. The summed E-state index contributed by atoms with van der Waals surface area (Å²) in [4.78, 5) is -0.0196. The highest BCUT2D eigenvalue weighted by atomic mass is 32.2. The summed E-state index contributed by atoms with van der Waals surface area (Å²) in [5.74, 6) is -0.473. The van der Waals surface area contributed by atoms with Crippen molar-refractivity contribution < 1.29 is 25.6 Å². The Labute approximate surface area is 181 Å². The summed E-state index contributed by atoms with van der Waals surface area (Å²) in [5.41, 5.74) is 2.16. The summed E-state index contributed by atoms with van der Waals surface area (Å²) >= 11 is 0. The highest BCUT2D eigenvalue weighted by Crippen LogP contribution is 2.30. The second kappa shape index (κ2) is 8.57. The highest BCUT2D eigenvalue weighted by Gasteiger charge is 2.33. The van der Waals surface area contributed by atoms with E-state index in [9.17, 15) is 21.2 Å². The van der Waals surface area contributed by atoms with Crippen LogP contribution in [0.3, 0.4) is 0 Å². The molecule has 3 aromatic rings. The molecule has 0 spiro atoms. The number of benzene rings is 2. The number of sulfonamides is 1.